The fourth-order valence-corrected chi connectivity index (χ4v) is 0.551. The van der Waals surface area contributed by atoms with E-state index in [0.717, 1.165) is 5.57 Å². The summed E-state index contributed by atoms with van der Waals surface area (Å²) < 4.78 is 0. The summed E-state index contributed by atoms with van der Waals surface area (Å²) in [5.41, 5.74) is 0.796. The van der Waals surface area contributed by atoms with Gasteiger partial charge in [0.1, 0.15) is 5.94 Å². The lowest BCUT2D eigenvalue weighted by molar-refractivity contribution is 0.562. The Kier molecular flexibility index (Phi) is 3.74. The lowest BCUT2D eigenvalue weighted by Gasteiger charge is -2.00. The Morgan fingerprint density at radius 1 is 1.78 bits per heavy atom. The SMILES string of the molecule is C=CCC(=C=O)C(C)C. The molecule has 0 saturated carbocycles. The molecule has 0 unspecified atom stereocenters. The van der Waals surface area contributed by atoms with E-state index in [2.05, 4.69) is 6.58 Å². The highest BCUT2D eigenvalue weighted by molar-refractivity contribution is 5.53. The zero-order valence-electron chi connectivity index (χ0n) is 5.98. The van der Waals surface area contributed by atoms with E-state index in [-0.39, 0.29) is 0 Å². The molecule has 0 bridgehead atoms. The normalized spacial score (nSPS) is 8.78. The molecule has 0 aromatic heterocycles. The third kappa shape index (κ3) is 2.89. The lowest BCUT2D eigenvalue weighted by atomic mass is 10.0. The summed E-state index contributed by atoms with van der Waals surface area (Å²) in [5, 5.41) is 0. The van der Waals surface area contributed by atoms with Crippen LogP contribution in [0.2, 0.25) is 0 Å². The highest BCUT2D eigenvalue weighted by Crippen LogP contribution is 2.09. The van der Waals surface area contributed by atoms with E-state index in [1.54, 1.807) is 6.08 Å². The molecule has 0 aliphatic heterocycles. The molecule has 0 radical (unpaired) electrons. The second-order valence-corrected chi connectivity index (χ2v) is 2.27. The Hall–Kier alpha value is -0.810. The van der Waals surface area contributed by atoms with Crippen LogP contribution in [0.3, 0.4) is 0 Å². The largest absolute Gasteiger partial charge is 0.234 e. The second kappa shape index (κ2) is 4.11. The molecule has 0 fully saturated rings. The number of hydrogen-bond donors (Lipinski definition) is 0. The standard InChI is InChI=1S/C8H12O/c1-4-5-8(6-9)7(2)3/h4,7H,1,5H2,2-3H3. The van der Waals surface area contributed by atoms with Crippen LogP contribution in [0, 0.1) is 5.92 Å². The number of carbonyl (C=O) groups excluding carboxylic acids is 1. The van der Waals surface area contributed by atoms with Crippen LogP contribution in [0.15, 0.2) is 18.2 Å². The first-order valence-corrected chi connectivity index (χ1v) is 3.07. The van der Waals surface area contributed by atoms with Crippen molar-refractivity contribution in [1.29, 1.82) is 0 Å². The summed E-state index contributed by atoms with van der Waals surface area (Å²) in [4.78, 5) is 10.1. The molecule has 9 heavy (non-hydrogen) atoms. The van der Waals surface area contributed by atoms with Crippen molar-refractivity contribution >= 4 is 5.94 Å². The van der Waals surface area contributed by atoms with Crippen LogP contribution in [-0.2, 0) is 4.79 Å². The summed E-state index contributed by atoms with van der Waals surface area (Å²) in [7, 11) is 0. The fraction of sp³-hybridized carbons (Fsp3) is 0.500. The van der Waals surface area contributed by atoms with Gasteiger partial charge in [-0.3, -0.25) is 0 Å². The Morgan fingerprint density at radius 3 is 2.44 bits per heavy atom. The van der Waals surface area contributed by atoms with Gasteiger partial charge in [0, 0.05) is 5.57 Å². The first kappa shape index (κ1) is 8.19. The molecular formula is C8H12O. The first-order chi connectivity index (χ1) is 4.22. The van der Waals surface area contributed by atoms with E-state index in [4.69, 9.17) is 0 Å². The molecule has 1 nitrogen and oxygen atoms in total. The smallest absolute Gasteiger partial charge is 0.124 e. The van der Waals surface area contributed by atoms with E-state index in [1.807, 2.05) is 19.8 Å². The summed E-state index contributed by atoms with van der Waals surface area (Å²) in [6.07, 6.45) is 2.39. The van der Waals surface area contributed by atoms with Gasteiger partial charge in [-0.15, -0.1) is 6.58 Å². The Labute approximate surface area is 56.1 Å². The van der Waals surface area contributed by atoms with Gasteiger partial charge in [-0.05, 0) is 12.3 Å². The summed E-state index contributed by atoms with van der Waals surface area (Å²) >= 11 is 0. The van der Waals surface area contributed by atoms with Gasteiger partial charge in [-0.25, -0.2) is 4.79 Å². The van der Waals surface area contributed by atoms with Crippen molar-refractivity contribution in [2.75, 3.05) is 0 Å². The van der Waals surface area contributed by atoms with Gasteiger partial charge < -0.3 is 0 Å². The molecule has 0 heterocycles. The van der Waals surface area contributed by atoms with Gasteiger partial charge in [-0.2, -0.15) is 0 Å². The Balaban J connectivity index is 4.01. The molecule has 0 atom stereocenters. The van der Waals surface area contributed by atoms with Crippen molar-refractivity contribution < 1.29 is 4.79 Å². The van der Waals surface area contributed by atoms with Crippen LogP contribution >= 0.6 is 0 Å². The lowest BCUT2D eigenvalue weighted by Crippen LogP contribution is -1.92. The summed E-state index contributed by atoms with van der Waals surface area (Å²) in [6.45, 7) is 7.48. The van der Waals surface area contributed by atoms with Gasteiger partial charge >= 0.3 is 0 Å². The van der Waals surface area contributed by atoms with Crippen LogP contribution in [0.25, 0.3) is 0 Å². The average molecular weight is 124 g/mol. The molecule has 0 rings (SSSR count). The van der Waals surface area contributed by atoms with Crippen molar-refractivity contribution in [2.24, 2.45) is 5.92 Å². The minimum atomic E-state index is 0.306. The quantitative estimate of drug-likeness (QED) is 0.415. The van der Waals surface area contributed by atoms with E-state index >= 15 is 0 Å². The number of allylic oxidation sites excluding steroid dienone is 2. The Morgan fingerprint density at radius 2 is 2.33 bits per heavy atom. The molecule has 50 valence electrons. The molecule has 0 aromatic carbocycles. The van der Waals surface area contributed by atoms with Gasteiger partial charge in [0.05, 0.1) is 0 Å². The monoisotopic (exact) mass is 124 g/mol. The van der Waals surface area contributed by atoms with Gasteiger partial charge in [0.25, 0.3) is 0 Å². The van der Waals surface area contributed by atoms with Crippen molar-refractivity contribution in [3.8, 4) is 0 Å². The van der Waals surface area contributed by atoms with Crippen LogP contribution in [0.1, 0.15) is 20.3 Å². The maximum Gasteiger partial charge on any atom is 0.124 e. The molecule has 0 aliphatic rings. The minimum absolute atomic E-state index is 0.306. The van der Waals surface area contributed by atoms with Gasteiger partial charge in [0.15, 0.2) is 0 Å². The molecule has 0 amide bonds. The second-order valence-electron chi connectivity index (χ2n) is 2.27. The van der Waals surface area contributed by atoms with E-state index in [1.165, 1.54) is 0 Å². The van der Waals surface area contributed by atoms with Crippen LogP contribution in [0.5, 0.6) is 0 Å². The predicted octanol–water partition coefficient (Wildman–Crippen LogP) is 1.98. The minimum Gasteiger partial charge on any atom is -0.234 e. The molecular weight excluding hydrogens is 112 g/mol. The van der Waals surface area contributed by atoms with Crippen molar-refractivity contribution in [3.63, 3.8) is 0 Å². The van der Waals surface area contributed by atoms with E-state index < -0.39 is 0 Å². The number of rotatable bonds is 3. The molecule has 0 aromatic rings. The fourth-order valence-electron chi connectivity index (χ4n) is 0.551. The van der Waals surface area contributed by atoms with E-state index in [0.29, 0.717) is 12.3 Å². The summed E-state index contributed by atoms with van der Waals surface area (Å²) in [5.74, 6) is 2.20. The third-order valence-electron chi connectivity index (χ3n) is 1.19. The van der Waals surface area contributed by atoms with Crippen LogP contribution in [0.4, 0.5) is 0 Å². The van der Waals surface area contributed by atoms with Crippen molar-refractivity contribution in [3.05, 3.63) is 18.2 Å². The predicted molar refractivity (Wildman–Crippen MR) is 38.9 cm³/mol. The van der Waals surface area contributed by atoms with E-state index in [9.17, 15) is 4.79 Å². The topological polar surface area (TPSA) is 17.1 Å². The average Bonchev–Trinajstić information content (AvgIpc) is 1.82. The summed E-state index contributed by atoms with van der Waals surface area (Å²) in [6, 6.07) is 0. The number of hydrogen-bond acceptors (Lipinski definition) is 1. The first-order valence-electron chi connectivity index (χ1n) is 3.07. The maximum atomic E-state index is 10.1. The highest BCUT2D eigenvalue weighted by Gasteiger charge is 1.99. The van der Waals surface area contributed by atoms with Crippen molar-refractivity contribution in [1.82, 2.24) is 0 Å². The molecule has 0 N–H and O–H groups in total. The zero-order chi connectivity index (χ0) is 7.28. The highest BCUT2D eigenvalue weighted by atomic mass is 16.1. The van der Waals surface area contributed by atoms with Gasteiger partial charge in [0.2, 0.25) is 0 Å². The Bertz CT molecular complexity index is 139. The van der Waals surface area contributed by atoms with Crippen LogP contribution < -0.4 is 0 Å². The molecule has 1 heteroatoms. The zero-order valence-corrected chi connectivity index (χ0v) is 5.98. The third-order valence-corrected chi connectivity index (χ3v) is 1.19. The molecule has 0 spiro atoms. The van der Waals surface area contributed by atoms with Crippen LogP contribution in [-0.4, -0.2) is 5.94 Å². The maximum absolute atomic E-state index is 10.1. The van der Waals surface area contributed by atoms with Crippen molar-refractivity contribution in [2.45, 2.75) is 20.3 Å². The molecule has 0 saturated heterocycles. The van der Waals surface area contributed by atoms with Gasteiger partial charge in [-0.1, -0.05) is 19.9 Å². The molecule has 0 aliphatic carbocycles.